The van der Waals surface area contributed by atoms with Crippen LogP contribution >= 0.6 is 0 Å². The number of hydrogen-bond donors (Lipinski definition) is 1. The van der Waals surface area contributed by atoms with E-state index in [1.54, 1.807) is 26.4 Å². The Balaban J connectivity index is 2.51. The first-order valence-corrected chi connectivity index (χ1v) is 5.27. The molecule has 0 saturated heterocycles. The van der Waals surface area contributed by atoms with Gasteiger partial charge >= 0.3 is 0 Å². The van der Waals surface area contributed by atoms with Crippen molar-refractivity contribution in [2.45, 2.75) is 12.5 Å². The summed E-state index contributed by atoms with van der Waals surface area (Å²) in [7, 11) is 1.58. The number of hydrogen-bond acceptors (Lipinski definition) is 4. The summed E-state index contributed by atoms with van der Waals surface area (Å²) in [5.74, 6) is 0.640. The van der Waals surface area contributed by atoms with Gasteiger partial charge < -0.3 is 9.84 Å². The number of aromatic nitrogens is 2. The molecule has 4 nitrogen and oxygen atoms in total. The molecule has 1 N–H and O–H groups in total. The van der Waals surface area contributed by atoms with Gasteiger partial charge in [-0.3, -0.25) is 0 Å². The van der Waals surface area contributed by atoms with Crippen LogP contribution in [0.3, 0.4) is 0 Å². The Morgan fingerprint density at radius 1 is 1.18 bits per heavy atom. The Bertz CT molecular complexity index is 498. The van der Waals surface area contributed by atoms with E-state index in [1.807, 2.05) is 24.3 Å². The van der Waals surface area contributed by atoms with Crippen LogP contribution < -0.4 is 4.74 Å². The normalized spacial score (nSPS) is 14.1. The zero-order chi connectivity index (χ0) is 12.3. The standard InChI is InChI=1S/C13H14N2O2/c1-13(16,10-7-14-9-15-8-10)11-5-3-4-6-12(11)17-2/h3-9,16H,1-2H3. The molecule has 1 atom stereocenters. The van der Waals surface area contributed by atoms with Crippen molar-refractivity contribution in [2.75, 3.05) is 7.11 Å². The highest BCUT2D eigenvalue weighted by Crippen LogP contribution is 2.34. The highest BCUT2D eigenvalue weighted by Gasteiger charge is 2.29. The van der Waals surface area contributed by atoms with Crippen molar-refractivity contribution in [2.24, 2.45) is 0 Å². The number of rotatable bonds is 3. The van der Waals surface area contributed by atoms with E-state index in [2.05, 4.69) is 9.97 Å². The van der Waals surface area contributed by atoms with Gasteiger partial charge in [0.25, 0.3) is 0 Å². The SMILES string of the molecule is COc1ccccc1C(C)(O)c1cncnc1. The third-order valence-electron chi connectivity index (χ3n) is 2.75. The number of nitrogens with zero attached hydrogens (tertiary/aromatic N) is 2. The van der Waals surface area contributed by atoms with E-state index < -0.39 is 5.60 Å². The predicted molar refractivity (Wildman–Crippen MR) is 63.7 cm³/mol. The number of benzene rings is 1. The molecular formula is C13H14N2O2. The maximum absolute atomic E-state index is 10.6. The maximum atomic E-state index is 10.6. The summed E-state index contributed by atoms with van der Waals surface area (Å²) in [6.45, 7) is 1.70. The van der Waals surface area contributed by atoms with Crippen molar-refractivity contribution in [3.63, 3.8) is 0 Å². The van der Waals surface area contributed by atoms with E-state index in [0.717, 1.165) is 0 Å². The van der Waals surface area contributed by atoms with Gasteiger partial charge in [-0.1, -0.05) is 18.2 Å². The molecule has 0 bridgehead atoms. The Hall–Kier alpha value is -1.94. The van der Waals surface area contributed by atoms with Crippen LogP contribution in [0.4, 0.5) is 0 Å². The molecule has 1 aromatic heterocycles. The minimum atomic E-state index is -1.17. The van der Waals surface area contributed by atoms with Crippen molar-refractivity contribution >= 4 is 0 Å². The smallest absolute Gasteiger partial charge is 0.125 e. The first-order valence-electron chi connectivity index (χ1n) is 5.27. The highest BCUT2D eigenvalue weighted by molar-refractivity contribution is 5.42. The van der Waals surface area contributed by atoms with Crippen molar-refractivity contribution < 1.29 is 9.84 Å². The summed E-state index contributed by atoms with van der Waals surface area (Å²) in [5, 5.41) is 10.6. The lowest BCUT2D eigenvalue weighted by Crippen LogP contribution is -2.24. The molecule has 0 spiro atoms. The molecule has 0 fully saturated rings. The largest absolute Gasteiger partial charge is 0.496 e. The first-order chi connectivity index (χ1) is 8.16. The van der Waals surface area contributed by atoms with Crippen molar-refractivity contribution in [1.82, 2.24) is 9.97 Å². The molecule has 1 unspecified atom stereocenters. The zero-order valence-corrected chi connectivity index (χ0v) is 9.79. The van der Waals surface area contributed by atoms with Crippen LogP contribution in [0, 0.1) is 0 Å². The maximum Gasteiger partial charge on any atom is 0.125 e. The van der Waals surface area contributed by atoms with E-state index in [4.69, 9.17) is 4.74 Å². The molecule has 0 radical (unpaired) electrons. The van der Waals surface area contributed by atoms with Crippen LogP contribution in [0.5, 0.6) is 5.75 Å². The molecule has 0 amide bonds. The second-order valence-electron chi connectivity index (χ2n) is 3.90. The number of methoxy groups -OCH3 is 1. The number of ether oxygens (including phenoxy) is 1. The van der Waals surface area contributed by atoms with E-state index in [-0.39, 0.29) is 0 Å². The summed E-state index contributed by atoms with van der Waals surface area (Å²) in [6.07, 6.45) is 4.63. The molecule has 2 aromatic rings. The second kappa shape index (κ2) is 4.51. The summed E-state index contributed by atoms with van der Waals surface area (Å²) in [4.78, 5) is 7.84. The Morgan fingerprint density at radius 2 is 1.82 bits per heavy atom. The Kier molecular flexibility index (Phi) is 3.06. The Morgan fingerprint density at radius 3 is 2.47 bits per heavy atom. The van der Waals surface area contributed by atoms with Crippen molar-refractivity contribution in [1.29, 1.82) is 0 Å². The second-order valence-corrected chi connectivity index (χ2v) is 3.90. The van der Waals surface area contributed by atoms with Gasteiger partial charge in [-0.05, 0) is 13.0 Å². The van der Waals surface area contributed by atoms with Crippen molar-refractivity contribution in [3.8, 4) is 5.75 Å². The van der Waals surface area contributed by atoms with Gasteiger partial charge in [-0.15, -0.1) is 0 Å². The monoisotopic (exact) mass is 230 g/mol. The van der Waals surface area contributed by atoms with E-state index in [0.29, 0.717) is 16.9 Å². The number of aliphatic hydroxyl groups is 1. The lowest BCUT2D eigenvalue weighted by atomic mass is 9.89. The fourth-order valence-corrected chi connectivity index (χ4v) is 1.75. The summed E-state index contributed by atoms with van der Waals surface area (Å²) in [5.41, 5.74) is 0.148. The van der Waals surface area contributed by atoms with Crippen LogP contribution in [0.15, 0.2) is 43.0 Å². The number of para-hydroxylation sites is 1. The van der Waals surface area contributed by atoms with Crippen molar-refractivity contribution in [3.05, 3.63) is 54.1 Å². The lowest BCUT2D eigenvalue weighted by molar-refractivity contribution is 0.0981. The molecule has 0 saturated carbocycles. The molecule has 2 rings (SSSR count). The minimum absolute atomic E-state index is 0.629. The topological polar surface area (TPSA) is 55.2 Å². The van der Waals surface area contributed by atoms with Crippen LogP contribution in [-0.4, -0.2) is 22.2 Å². The quantitative estimate of drug-likeness (QED) is 0.872. The van der Waals surface area contributed by atoms with Gasteiger partial charge in [0.15, 0.2) is 0 Å². The van der Waals surface area contributed by atoms with E-state index >= 15 is 0 Å². The molecule has 0 aliphatic heterocycles. The predicted octanol–water partition coefficient (Wildman–Crippen LogP) is 1.74. The lowest BCUT2D eigenvalue weighted by Gasteiger charge is -2.25. The molecule has 1 heterocycles. The summed E-state index contributed by atoms with van der Waals surface area (Å²) >= 11 is 0. The van der Waals surface area contributed by atoms with Gasteiger partial charge in [0, 0.05) is 23.5 Å². The highest BCUT2D eigenvalue weighted by atomic mass is 16.5. The molecular weight excluding hydrogens is 216 g/mol. The van der Waals surface area contributed by atoms with Crippen LogP contribution in [0.25, 0.3) is 0 Å². The average molecular weight is 230 g/mol. The summed E-state index contributed by atoms with van der Waals surface area (Å²) in [6, 6.07) is 7.36. The van der Waals surface area contributed by atoms with Crippen LogP contribution in [0.2, 0.25) is 0 Å². The fraction of sp³-hybridized carbons (Fsp3) is 0.231. The average Bonchev–Trinajstić information content (AvgIpc) is 2.39. The van der Waals surface area contributed by atoms with Crippen LogP contribution in [0.1, 0.15) is 18.1 Å². The van der Waals surface area contributed by atoms with Gasteiger partial charge in [0.1, 0.15) is 17.7 Å². The molecule has 88 valence electrons. The van der Waals surface area contributed by atoms with Gasteiger partial charge in [-0.2, -0.15) is 0 Å². The third-order valence-corrected chi connectivity index (χ3v) is 2.75. The van der Waals surface area contributed by atoms with E-state index in [1.165, 1.54) is 6.33 Å². The fourth-order valence-electron chi connectivity index (χ4n) is 1.75. The molecule has 17 heavy (non-hydrogen) atoms. The molecule has 0 aliphatic rings. The molecule has 1 aromatic carbocycles. The third kappa shape index (κ3) is 2.12. The zero-order valence-electron chi connectivity index (χ0n) is 9.79. The molecule has 4 heteroatoms. The van der Waals surface area contributed by atoms with Crippen LogP contribution in [-0.2, 0) is 5.60 Å². The first kappa shape index (κ1) is 11.5. The Labute approximate surface area is 99.9 Å². The molecule has 0 aliphatic carbocycles. The van der Waals surface area contributed by atoms with Gasteiger partial charge in [-0.25, -0.2) is 9.97 Å². The minimum Gasteiger partial charge on any atom is -0.496 e. The summed E-state index contributed by atoms with van der Waals surface area (Å²) < 4.78 is 5.25. The van der Waals surface area contributed by atoms with Gasteiger partial charge in [0.05, 0.1) is 7.11 Å². The van der Waals surface area contributed by atoms with Gasteiger partial charge in [0.2, 0.25) is 0 Å². The van der Waals surface area contributed by atoms with E-state index in [9.17, 15) is 5.11 Å².